The molecular weight excluding hydrogens is 690 g/mol. The van der Waals surface area contributed by atoms with E-state index in [0.29, 0.717) is 47.3 Å². The van der Waals surface area contributed by atoms with Crippen molar-refractivity contribution in [3.8, 4) is 17.1 Å². The second-order valence-corrected chi connectivity index (χ2v) is 14.6. The van der Waals surface area contributed by atoms with Crippen molar-refractivity contribution in [3.63, 3.8) is 0 Å². The van der Waals surface area contributed by atoms with Crippen molar-refractivity contribution in [1.29, 1.82) is 0 Å². The minimum Gasteiger partial charge on any atom is -0.479 e. The molecule has 2 aromatic rings. The lowest BCUT2D eigenvalue weighted by molar-refractivity contribution is -0.146. The molecule has 3 fully saturated rings. The Kier molecular flexibility index (Phi) is 10.9. The molecule has 3 N–H and O–H groups in total. The Morgan fingerprint density at radius 1 is 1.15 bits per heavy atom. The van der Waals surface area contributed by atoms with E-state index in [0.717, 1.165) is 25.7 Å². The fraction of sp³-hybridized carbons (Fsp3) is 0.656. The molecule has 0 radical (unpaired) electrons. The highest BCUT2D eigenvalue weighted by Gasteiger charge is 2.62. The third kappa shape index (κ3) is 8.25. The van der Waals surface area contributed by atoms with Crippen molar-refractivity contribution >= 4 is 39.8 Å². The number of benzene rings is 1. The average Bonchev–Trinajstić information content (AvgIpc) is 3.32. The molecule has 5 atom stereocenters. The Morgan fingerprint density at radius 3 is 2.56 bits per heavy atom. The Hall–Kier alpha value is -3.79. The van der Waals surface area contributed by atoms with E-state index < -0.39 is 53.1 Å². The maximum absolute atomic E-state index is 14.2. The van der Waals surface area contributed by atoms with Gasteiger partial charge < -0.3 is 34.9 Å². The maximum Gasteiger partial charge on any atom is 0.408 e. The Morgan fingerprint density at radius 2 is 1.88 bits per heavy atom. The molecule has 0 spiro atoms. The van der Waals surface area contributed by atoms with Gasteiger partial charge >= 0.3 is 12.1 Å². The van der Waals surface area contributed by atoms with E-state index in [9.17, 15) is 24.3 Å². The highest BCUT2D eigenvalue weighted by atomic mass is 79.9. The number of carbonyl (C=O) groups is 4. The first kappa shape index (κ1) is 35.5. The molecule has 1 aromatic heterocycles. The van der Waals surface area contributed by atoms with Crippen LogP contribution in [0, 0.1) is 5.92 Å². The molecule has 3 heterocycles. The number of nitrogens with one attached hydrogen (secondary N) is 2. The van der Waals surface area contributed by atoms with Crippen LogP contribution >= 0.6 is 15.9 Å². The molecule has 48 heavy (non-hydrogen) atoms. The van der Waals surface area contributed by atoms with Crippen molar-refractivity contribution in [2.45, 2.75) is 108 Å². The minimum absolute atomic E-state index is 0.0518. The molecule has 1 aliphatic carbocycles. The molecule has 15 nitrogen and oxygen atoms in total. The normalized spacial score (nSPS) is 26.7. The number of tetrazole rings is 1. The zero-order valence-electron chi connectivity index (χ0n) is 27.7. The van der Waals surface area contributed by atoms with Gasteiger partial charge in [-0.3, -0.25) is 9.59 Å². The number of aromatic nitrogens is 4. The van der Waals surface area contributed by atoms with Gasteiger partial charge in [0.15, 0.2) is 6.79 Å². The van der Waals surface area contributed by atoms with Crippen LogP contribution in [0.25, 0.3) is 11.4 Å². The molecule has 3 amide bonds. The fourth-order valence-electron chi connectivity index (χ4n) is 6.47. The van der Waals surface area contributed by atoms with Crippen molar-refractivity contribution in [1.82, 2.24) is 35.7 Å². The fourth-order valence-corrected chi connectivity index (χ4v) is 6.97. The lowest BCUT2D eigenvalue weighted by Gasteiger charge is -2.30. The van der Waals surface area contributed by atoms with Gasteiger partial charge in [0.25, 0.3) is 0 Å². The third-order valence-electron chi connectivity index (χ3n) is 9.01. The first-order valence-corrected chi connectivity index (χ1v) is 17.2. The van der Waals surface area contributed by atoms with E-state index in [-0.39, 0.29) is 25.7 Å². The van der Waals surface area contributed by atoms with Crippen LogP contribution in [0.2, 0.25) is 0 Å². The first-order chi connectivity index (χ1) is 22.8. The number of rotatable bonds is 7. The molecular formula is C32H44BrN7O8. The van der Waals surface area contributed by atoms with Crippen molar-refractivity contribution in [3.05, 3.63) is 22.7 Å². The lowest BCUT2D eigenvalue weighted by atomic mass is 10.0. The second kappa shape index (κ2) is 14.8. The van der Waals surface area contributed by atoms with Gasteiger partial charge in [0.2, 0.25) is 17.6 Å². The van der Waals surface area contributed by atoms with E-state index in [1.165, 1.54) is 16.8 Å². The van der Waals surface area contributed by atoms with E-state index in [1.807, 2.05) is 0 Å². The molecule has 5 rings (SSSR count). The van der Waals surface area contributed by atoms with Crippen LogP contribution in [0.15, 0.2) is 22.7 Å². The molecule has 2 saturated heterocycles. The van der Waals surface area contributed by atoms with Crippen LogP contribution in [-0.4, -0.2) is 97.8 Å². The predicted octanol–water partition coefficient (Wildman–Crippen LogP) is 3.82. The summed E-state index contributed by atoms with van der Waals surface area (Å²) in [5.74, 6) is -1.36. The number of nitrogens with zero attached hydrogens (tertiary/aromatic N) is 5. The van der Waals surface area contributed by atoms with Gasteiger partial charge in [-0.05, 0) is 85.3 Å². The molecule has 3 aliphatic rings. The highest BCUT2D eigenvalue weighted by molar-refractivity contribution is 9.10. The number of carbonyl (C=O) groups excluding carboxylic acids is 3. The standard InChI is InChI=1S/C32H44BrN7O8/c1-31(2,3)48-30(45)34-23-11-9-7-5-6-8-10-20-16-32(20,29(43)44)35-27(41)24-15-21(17-39(24)28(23)42)40-37-26(36-38-40)19-12-13-25(22(33)14-19)47-18-46-4/h12-14,20-21,23-24H,5-11,15-18H2,1-4H3,(H,34,45)(H,35,41)(H,43,44)/t20-,21?,23+,24-,32-/m0/s1. The van der Waals surface area contributed by atoms with Crippen LogP contribution < -0.4 is 15.4 Å². The molecule has 0 bridgehead atoms. The zero-order chi connectivity index (χ0) is 34.6. The van der Waals surface area contributed by atoms with Gasteiger partial charge in [-0.1, -0.05) is 32.1 Å². The number of halogens is 1. The number of alkyl carbamates (subject to hydrolysis) is 1. The van der Waals surface area contributed by atoms with Gasteiger partial charge in [-0.25, -0.2) is 9.59 Å². The number of ether oxygens (including phenoxy) is 3. The Labute approximate surface area is 287 Å². The van der Waals surface area contributed by atoms with Crippen LogP contribution in [0.1, 0.15) is 84.6 Å². The summed E-state index contributed by atoms with van der Waals surface area (Å²) in [7, 11) is 1.53. The smallest absolute Gasteiger partial charge is 0.408 e. The number of hydrogen-bond acceptors (Lipinski definition) is 10. The molecule has 1 saturated carbocycles. The van der Waals surface area contributed by atoms with Crippen LogP contribution in [0.4, 0.5) is 4.79 Å². The second-order valence-electron chi connectivity index (χ2n) is 13.7. The zero-order valence-corrected chi connectivity index (χ0v) is 29.3. The van der Waals surface area contributed by atoms with Crippen molar-refractivity contribution in [2.75, 3.05) is 20.4 Å². The number of aliphatic carboxylic acids is 1. The quantitative estimate of drug-likeness (QED) is 0.351. The van der Waals surface area contributed by atoms with Gasteiger partial charge in [0, 0.05) is 25.6 Å². The summed E-state index contributed by atoms with van der Waals surface area (Å²) in [4.78, 5) is 56.2. The summed E-state index contributed by atoms with van der Waals surface area (Å²) >= 11 is 3.48. The van der Waals surface area contributed by atoms with Gasteiger partial charge in [-0.15, -0.1) is 10.2 Å². The van der Waals surface area contributed by atoms with Crippen molar-refractivity contribution in [2.24, 2.45) is 5.92 Å². The SMILES string of the molecule is COCOc1ccc(-c2nnn(C3C[C@H]4C(=O)N[C@@]5(C(=O)O)C[C@@H]5CCCCCCC[C@@H](NC(=O)OC(C)(C)C)C(=O)N4C3)n2)cc1Br. The molecule has 16 heteroatoms. The van der Waals surface area contributed by atoms with Crippen LogP contribution in [0.5, 0.6) is 5.75 Å². The minimum atomic E-state index is -1.36. The number of fused-ring (bicyclic) bond motifs is 2. The van der Waals surface area contributed by atoms with E-state index in [4.69, 9.17) is 14.2 Å². The highest BCUT2D eigenvalue weighted by Crippen LogP contribution is 2.47. The summed E-state index contributed by atoms with van der Waals surface area (Å²) in [6.45, 7) is 5.35. The summed E-state index contributed by atoms with van der Waals surface area (Å²) in [5.41, 5.74) is -1.48. The number of carboxylic acid groups (broad SMARTS) is 1. The summed E-state index contributed by atoms with van der Waals surface area (Å²) < 4.78 is 16.6. The topological polar surface area (TPSA) is 187 Å². The molecule has 1 aromatic carbocycles. The van der Waals surface area contributed by atoms with E-state index >= 15 is 0 Å². The first-order valence-electron chi connectivity index (χ1n) is 16.4. The summed E-state index contributed by atoms with van der Waals surface area (Å²) in [5, 5.41) is 28.8. The number of hydrogen-bond donors (Lipinski definition) is 3. The number of carboxylic acids is 1. The van der Waals surface area contributed by atoms with Gasteiger partial charge in [0.1, 0.15) is 29.0 Å². The summed E-state index contributed by atoms with van der Waals surface area (Å²) in [6.07, 6.45) is 5.03. The molecule has 262 valence electrons. The van der Waals surface area contributed by atoms with Gasteiger partial charge in [0.05, 0.1) is 10.5 Å². The number of methoxy groups -OCH3 is 1. The monoisotopic (exact) mass is 733 g/mol. The van der Waals surface area contributed by atoms with E-state index in [1.54, 1.807) is 39.0 Å². The van der Waals surface area contributed by atoms with E-state index in [2.05, 4.69) is 42.0 Å². The molecule has 1 unspecified atom stereocenters. The van der Waals surface area contributed by atoms with Gasteiger partial charge in [-0.2, -0.15) is 4.80 Å². The lowest BCUT2D eigenvalue weighted by Crippen LogP contribution is -2.56. The average molecular weight is 735 g/mol. The largest absolute Gasteiger partial charge is 0.479 e. The third-order valence-corrected chi connectivity index (χ3v) is 9.63. The van der Waals surface area contributed by atoms with Crippen LogP contribution in [0.3, 0.4) is 0 Å². The van der Waals surface area contributed by atoms with Crippen LogP contribution in [-0.2, 0) is 23.9 Å². The maximum atomic E-state index is 14.2. The Balaban J connectivity index is 1.42. The van der Waals surface area contributed by atoms with Crippen molar-refractivity contribution < 1.29 is 38.5 Å². The predicted molar refractivity (Wildman–Crippen MR) is 175 cm³/mol. The summed E-state index contributed by atoms with van der Waals surface area (Å²) in [6, 6.07) is 2.79. The Bertz CT molecular complexity index is 1510. The number of amides is 3. The molecule has 2 aliphatic heterocycles.